The molecule has 1 amide bonds. The van der Waals surface area contributed by atoms with Crippen molar-refractivity contribution in [3.05, 3.63) is 83.2 Å². The van der Waals surface area contributed by atoms with E-state index >= 15 is 0 Å². The van der Waals surface area contributed by atoms with Gasteiger partial charge in [0, 0.05) is 6.07 Å². The van der Waals surface area contributed by atoms with Crippen molar-refractivity contribution in [1.29, 1.82) is 0 Å². The average molecular weight is 402 g/mol. The number of esters is 1. The molecule has 0 fully saturated rings. The topological polar surface area (TPSA) is 90.7 Å². The van der Waals surface area contributed by atoms with Crippen molar-refractivity contribution in [3.63, 3.8) is 0 Å². The van der Waals surface area contributed by atoms with Crippen LogP contribution < -0.4 is 10.1 Å². The van der Waals surface area contributed by atoms with Crippen LogP contribution in [0.3, 0.4) is 0 Å². The molecule has 1 aromatic heterocycles. The van der Waals surface area contributed by atoms with E-state index in [0.29, 0.717) is 5.56 Å². The van der Waals surface area contributed by atoms with Gasteiger partial charge in [0.1, 0.15) is 6.61 Å². The minimum absolute atomic E-state index is 0.0622. The summed E-state index contributed by atoms with van der Waals surface area (Å²) in [7, 11) is 1.21. The number of hydrogen-bond acceptors (Lipinski definition) is 6. The zero-order chi connectivity index (χ0) is 20.8. The van der Waals surface area contributed by atoms with Crippen molar-refractivity contribution >= 4 is 11.9 Å². The minimum Gasteiger partial charge on any atom is -0.479 e. The van der Waals surface area contributed by atoms with Crippen LogP contribution in [-0.2, 0) is 16.1 Å². The van der Waals surface area contributed by atoms with Gasteiger partial charge in [-0.25, -0.2) is 13.6 Å². The molecule has 1 atom stereocenters. The van der Waals surface area contributed by atoms with E-state index in [1.54, 1.807) is 30.3 Å². The molecule has 0 spiro atoms. The third-order valence-corrected chi connectivity index (χ3v) is 3.91. The molecule has 1 heterocycles. The SMILES string of the molecule is COC(=O)[C@@H](NC(=O)c1cc(COc2c(F)cccc2F)on1)c1ccccc1. The Morgan fingerprint density at radius 2 is 1.79 bits per heavy atom. The molecule has 0 bridgehead atoms. The Labute approximate surface area is 164 Å². The number of nitrogens with zero attached hydrogens (tertiary/aromatic N) is 1. The van der Waals surface area contributed by atoms with Crippen LogP contribution in [0.2, 0.25) is 0 Å². The lowest BCUT2D eigenvalue weighted by Crippen LogP contribution is -2.34. The number of carbonyl (C=O) groups is 2. The van der Waals surface area contributed by atoms with Crippen molar-refractivity contribution < 1.29 is 32.4 Å². The summed E-state index contributed by atoms with van der Waals surface area (Å²) in [4.78, 5) is 24.5. The molecule has 150 valence electrons. The maximum atomic E-state index is 13.6. The number of ether oxygens (including phenoxy) is 2. The van der Waals surface area contributed by atoms with Gasteiger partial charge in [-0.15, -0.1) is 0 Å². The molecule has 0 saturated heterocycles. The van der Waals surface area contributed by atoms with Gasteiger partial charge in [0.25, 0.3) is 5.91 Å². The molecule has 7 nitrogen and oxygen atoms in total. The molecular formula is C20H16F2N2O5. The number of carbonyl (C=O) groups excluding carboxylic acids is 2. The predicted molar refractivity (Wildman–Crippen MR) is 95.9 cm³/mol. The van der Waals surface area contributed by atoms with Crippen LogP contribution in [-0.4, -0.2) is 24.1 Å². The standard InChI is InChI=1S/C20H16F2N2O5/c1-27-20(26)17(12-6-3-2-4-7-12)23-19(25)16-10-13(29-24-16)11-28-18-14(21)8-5-9-15(18)22/h2-10,17H,11H2,1H3,(H,23,25)/t17-/m0/s1. The van der Waals surface area contributed by atoms with Crippen LogP contribution in [0.25, 0.3) is 0 Å². The van der Waals surface area contributed by atoms with E-state index in [1.165, 1.54) is 19.2 Å². The van der Waals surface area contributed by atoms with E-state index in [0.717, 1.165) is 12.1 Å². The molecule has 0 saturated carbocycles. The second-order valence-electron chi connectivity index (χ2n) is 5.86. The first-order valence-electron chi connectivity index (χ1n) is 8.45. The first kappa shape index (κ1) is 20.0. The highest BCUT2D eigenvalue weighted by molar-refractivity contribution is 5.95. The molecule has 3 rings (SSSR count). The summed E-state index contributed by atoms with van der Waals surface area (Å²) in [6.45, 7) is -0.350. The lowest BCUT2D eigenvalue weighted by atomic mass is 10.1. The molecule has 0 aliphatic rings. The Morgan fingerprint density at radius 1 is 1.10 bits per heavy atom. The summed E-state index contributed by atoms with van der Waals surface area (Å²) in [5.41, 5.74) is 0.386. The highest BCUT2D eigenvalue weighted by Crippen LogP contribution is 2.22. The van der Waals surface area contributed by atoms with E-state index in [2.05, 4.69) is 10.5 Å². The fraction of sp³-hybridized carbons (Fsp3) is 0.150. The van der Waals surface area contributed by atoms with Crippen molar-refractivity contribution in [2.45, 2.75) is 12.6 Å². The largest absolute Gasteiger partial charge is 0.479 e. The maximum Gasteiger partial charge on any atom is 0.333 e. The normalized spacial score (nSPS) is 11.6. The van der Waals surface area contributed by atoms with Crippen molar-refractivity contribution in [2.75, 3.05) is 7.11 Å². The van der Waals surface area contributed by atoms with Crippen molar-refractivity contribution in [3.8, 4) is 5.75 Å². The quantitative estimate of drug-likeness (QED) is 0.611. The molecule has 0 unspecified atom stereocenters. The third-order valence-electron chi connectivity index (χ3n) is 3.91. The number of nitrogens with one attached hydrogen (secondary N) is 1. The number of aromatic nitrogens is 1. The van der Waals surface area contributed by atoms with E-state index in [4.69, 9.17) is 14.0 Å². The summed E-state index contributed by atoms with van der Waals surface area (Å²) in [6, 6.07) is 12.0. The first-order chi connectivity index (χ1) is 14.0. The van der Waals surface area contributed by atoms with E-state index < -0.39 is 35.3 Å². The lowest BCUT2D eigenvalue weighted by molar-refractivity contribution is -0.143. The molecule has 9 heteroatoms. The maximum absolute atomic E-state index is 13.6. The van der Waals surface area contributed by atoms with Gasteiger partial charge >= 0.3 is 5.97 Å². The number of hydrogen-bond donors (Lipinski definition) is 1. The van der Waals surface area contributed by atoms with Crippen LogP contribution in [0.5, 0.6) is 5.75 Å². The number of amides is 1. The molecule has 0 aliphatic carbocycles. The minimum atomic E-state index is -1.04. The van der Waals surface area contributed by atoms with Crippen LogP contribution in [0, 0.1) is 11.6 Å². The van der Waals surface area contributed by atoms with E-state index in [-0.39, 0.29) is 18.1 Å². The summed E-state index contributed by atoms with van der Waals surface area (Å²) >= 11 is 0. The molecule has 0 aliphatic heterocycles. The van der Waals surface area contributed by atoms with Gasteiger partial charge in [0.2, 0.25) is 0 Å². The van der Waals surface area contributed by atoms with Gasteiger partial charge in [-0.1, -0.05) is 41.6 Å². The van der Waals surface area contributed by atoms with Gasteiger partial charge in [-0.2, -0.15) is 0 Å². The second kappa shape index (κ2) is 8.96. The highest BCUT2D eigenvalue weighted by atomic mass is 19.1. The summed E-state index contributed by atoms with van der Waals surface area (Å²) in [6.07, 6.45) is 0. The Morgan fingerprint density at radius 3 is 2.45 bits per heavy atom. The van der Waals surface area contributed by atoms with Gasteiger partial charge in [0.15, 0.2) is 34.9 Å². The fourth-order valence-electron chi connectivity index (χ4n) is 2.50. The van der Waals surface area contributed by atoms with Gasteiger partial charge in [-0.3, -0.25) is 4.79 Å². The van der Waals surface area contributed by atoms with E-state index in [1.807, 2.05) is 0 Å². The second-order valence-corrected chi connectivity index (χ2v) is 5.86. The summed E-state index contributed by atoms with van der Waals surface area (Å²) < 4.78 is 41.9. The molecule has 0 radical (unpaired) electrons. The van der Waals surface area contributed by atoms with Crippen molar-refractivity contribution in [2.24, 2.45) is 0 Å². The number of para-hydroxylation sites is 1. The monoisotopic (exact) mass is 402 g/mol. The van der Waals surface area contributed by atoms with Crippen LogP contribution >= 0.6 is 0 Å². The van der Waals surface area contributed by atoms with Gasteiger partial charge in [0.05, 0.1) is 7.11 Å². The van der Waals surface area contributed by atoms with Crippen molar-refractivity contribution in [1.82, 2.24) is 10.5 Å². The van der Waals surface area contributed by atoms with Crippen LogP contribution in [0.1, 0.15) is 27.9 Å². The number of halogens is 2. The molecule has 3 aromatic rings. The smallest absolute Gasteiger partial charge is 0.333 e. The Hall–Kier alpha value is -3.75. The molecule has 2 aromatic carbocycles. The molecule has 29 heavy (non-hydrogen) atoms. The first-order valence-corrected chi connectivity index (χ1v) is 8.45. The average Bonchev–Trinajstić information content (AvgIpc) is 3.21. The highest BCUT2D eigenvalue weighted by Gasteiger charge is 2.25. The zero-order valence-electron chi connectivity index (χ0n) is 15.2. The van der Waals surface area contributed by atoms with E-state index in [9.17, 15) is 18.4 Å². The Balaban J connectivity index is 1.69. The number of methoxy groups -OCH3 is 1. The summed E-state index contributed by atoms with van der Waals surface area (Å²) in [5.74, 6) is -3.60. The molecular weight excluding hydrogens is 386 g/mol. The summed E-state index contributed by atoms with van der Waals surface area (Å²) in [5, 5.41) is 6.11. The Kier molecular flexibility index (Phi) is 6.18. The third kappa shape index (κ3) is 4.75. The lowest BCUT2D eigenvalue weighted by Gasteiger charge is -2.15. The van der Waals surface area contributed by atoms with Gasteiger partial charge in [-0.05, 0) is 17.7 Å². The number of benzene rings is 2. The predicted octanol–water partition coefficient (Wildman–Crippen LogP) is 3.18. The fourth-order valence-corrected chi connectivity index (χ4v) is 2.50. The van der Waals surface area contributed by atoms with Gasteiger partial charge < -0.3 is 19.3 Å². The number of rotatable bonds is 7. The Bertz CT molecular complexity index is 987. The van der Waals surface area contributed by atoms with Crippen LogP contribution in [0.4, 0.5) is 8.78 Å². The zero-order valence-corrected chi connectivity index (χ0v) is 15.2. The molecule has 1 N–H and O–H groups in total. The van der Waals surface area contributed by atoms with Crippen LogP contribution in [0.15, 0.2) is 59.1 Å².